The van der Waals surface area contributed by atoms with E-state index in [0.29, 0.717) is 11.4 Å². The van der Waals surface area contributed by atoms with Gasteiger partial charge in [-0.3, -0.25) is 10.1 Å². The van der Waals surface area contributed by atoms with Gasteiger partial charge in [-0.2, -0.15) is 13.2 Å². The summed E-state index contributed by atoms with van der Waals surface area (Å²) in [5.41, 5.74) is -0.0893. The zero-order valence-electron chi connectivity index (χ0n) is 15.8. The minimum atomic E-state index is -4.52. The van der Waals surface area contributed by atoms with E-state index in [1.807, 2.05) is 0 Å². The van der Waals surface area contributed by atoms with E-state index in [9.17, 15) is 22.8 Å². The SMILES string of the molecule is COCCOC(=O)Nc1cccc(NC(=O)C=Cc2cc(C(F)(F)F)ccc2Cl)c1. The van der Waals surface area contributed by atoms with Gasteiger partial charge in [0.2, 0.25) is 5.91 Å². The summed E-state index contributed by atoms with van der Waals surface area (Å²) < 4.78 is 48.1. The number of hydrogen-bond donors (Lipinski definition) is 2. The monoisotopic (exact) mass is 442 g/mol. The van der Waals surface area contributed by atoms with Gasteiger partial charge in [0, 0.05) is 29.6 Å². The smallest absolute Gasteiger partial charge is 0.416 e. The van der Waals surface area contributed by atoms with Crippen LogP contribution in [0.25, 0.3) is 6.08 Å². The molecule has 0 unspecified atom stereocenters. The molecule has 0 aliphatic heterocycles. The molecule has 0 aromatic heterocycles. The molecule has 0 radical (unpaired) electrons. The maximum atomic E-state index is 12.8. The van der Waals surface area contributed by atoms with Gasteiger partial charge in [-0.25, -0.2) is 4.79 Å². The number of halogens is 4. The topological polar surface area (TPSA) is 76.7 Å². The van der Waals surface area contributed by atoms with Gasteiger partial charge >= 0.3 is 12.3 Å². The van der Waals surface area contributed by atoms with Crippen molar-refractivity contribution >= 4 is 41.1 Å². The summed E-state index contributed by atoms with van der Waals surface area (Å²) in [6.45, 7) is 0.341. The minimum Gasteiger partial charge on any atom is -0.447 e. The van der Waals surface area contributed by atoms with E-state index in [1.165, 1.54) is 19.3 Å². The number of ether oxygens (including phenoxy) is 2. The van der Waals surface area contributed by atoms with Crippen LogP contribution >= 0.6 is 11.6 Å². The van der Waals surface area contributed by atoms with E-state index in [1.54, 1.807) is 18.2 Å². The molecule has 0 atom stereocenters. The fraction of sp³-hybridized carbons (Fsp3) is 0.200. The third-order valence-corrected chi connectivity index (χ3v) is 3.98. The van der Waals surface area contributed by atoms with Gasteiger partial charge < -0.3 is 14.8 Å². The molecule has 2 rings (SSSR count). The van der Waals surface area contributed by atoms with Crippen LogP contribution in [-0.2, 0) is 20.4 Å². The molecule has 0 bridgehead atoms. The van der Waals surface area contributed by atoms with Gasteiger partial charge in [0.15, 0.2) is 0 Å². The molecule has 160 valence electrons. The lowest BCUT2D eigenvalue weighted by Gasteiger charge is -2.09. The predicted octanol–water partition coefficient (Wildman–Crippen LogP) is 5.21. The van der Waals surface area contributed by atoms with Crippen molar-refractivity contribution in [1.29, 1.82) is 0 Å². The van der Waals surface area contributed by atoms with Crippen molar-refractivity contribution in [2.45, 2.75) is 6.18 Å². The zero-order chi connectivity index (χ0) is 22.1. The van der Waals surface area contributed by atoms with Crippen molar-refractivity contribution in [1.82, 2.24) is 0 Å². The normalized spacial score (nSPS) is 11.4. The number of rotatable bonds is 7. The van der Waals surface area contributed by atoms with Crippen molar-refractivity contribution in [3.8, 4) is 0 Å². The molecule has 0 fully saturated rings. The second-order valence-electron chi connectivity index (χ2n) is 5.89. The summed E-state index contributed by atoms with van der Waals surface area (Å²) in [5, 5.41) is 5.10. The molecule has 10 heteroatoms. The van der Waals surface area contributed by atoms with E-state index >= 15 is 0 Å². The van der Waals surface area contributed by atoms with Crippen LogP contribution in [0.3, 0.4) is 0 Å². The van der Waals surface area contributed by atoms with E-state index in [4.69, 9.17) is 21.1 Å². The average molecular weight is 443 g/mol. The molecule has 30 heavy (non-hydrogen) atoms. The second-order valence-corrected chi connectivity index (χ2v) is 6.30. The first-order chi connectivity index (χ1) is 14.2. The van der Waals surface area contributed by atoms with Gasteiger partial charge in [0.25, 0.3) is 0 Å². The van der Waals surface area contributed by atoms with Gasteiger partial charge in [-0.15, -0.1) is 0 Å². The third kappa shape index (κ3) is 7.41. The summed E-state index contributed by atoms with van der Waals surface area (Å²) in [7, 11) is 1.48. The second kappa shape index (κ2) is 10.7. The molecular formula is C20H18ClF3N2O4. The Hall–Kier alpha value is -3.04. The van der Waals surface area contributed by atoms with Crippen LogP contribution in [0.4, 0.5) is 29.3 Å². The Kier molecular flexibility index (Phi) is 8.25. The average Bonchev–Trinajstić information content (AvgIpc) is 2.67. The summed E-state index contributed by atoms with van der Waals surface area (Å²) in [6, 6.07) is 9.07. The van der Waals surface area contributed by atoms with Gasteiger partial charge in [-0.1, -0.05) is 17.7 Å². The Morgan fingerprint density at radius 2 is 1.77 bits per heavy atom. The Morgan fingerprint density at radius 3 is 2.43 bits per heavy atom. The summed E-state index contributed by atoms with van der Waals surface area (Å²) in [5.74, 6) is -0.594. The number of methoxy groups -OCH3 is 1. The van der Waals surface area contributed by atoms with Gasteiger partial charge in [-0.05, 0) is 48.0 Å². The van der Waals surface area contributed by atoms with Crippen LogP contribution in [0.5, 0.6) is 0 Å². The first-order valence-electron chi connectivity index (χ1n) is 8.57. The van der Waals surface area contributed by atoms with E-state index < -0.39 is 23.7 Å². The fourth-order valence-corrected chi connectivity index (χ4v) is 2.42. The lowest BCUT2D eigenvalue weighted by atomic mass is 10.1. The van der Waals surface area contributed by atoms with E-state index in [-0.39, 0.29) is 23.8 Å². The molecule has 2 amide bonds. The van der Waals surface area contributed by atoms with Crippen LogP contribution in [0.15, 0.2) is 48.5 Å². The van der Waals surface area contributed by atoms with Crippen LogP contribution in [0.2, 0.25) is 5.02 Å². The van der Waals surface area contributed by atoms with Gasteiger partial charge in [0.05, 0.1) is 12.2 Å². The molecule has 0 spiro atoms. The van der Waals surface area contributed by atoms with Crippen LogP contribution < -0.4 is 10.6 Å². The highest BCUT2D eigenvalue weighted by Gasteiger charge is 2.30. The first-order valence-corrected chi connectivity index (χ1v) is 8.95. The minimum absolute atomic E-state index is 0.0517. The fourth-order valence-electron chi connectivity index (χ4n) is 2.24. The molecule has 2 N–H and O–H groups in total. The zero-order valence-corrected chi connectivity index (χ0v) is 16.5. The van der Waals surface area contributed by atoms with Crippen molar-refractivity contribution in [2.75, 3.05) is 31.0 Å². The maximum Gasteiger partial charge on any atom is 0.416 e. The number of carbonyl (C=O) groups is 2. The molecule has 0 saturated heterocycles. The molecule has 0 aliphatic carbocycles. The van der Waals surface area contributed by atoms with Crippen LogP contribution in [-0.4, -0.2) is 32.3 Å². The van der Waals surface area contributed by atoms with Gasteiger partial charge in [0.1, 0.15) is 6.61 Å². The summed E-state index contributed by atoms with van der Waals surface area (Å²) >= 11 is 5.89. The molecule has 2 aromatic rings. The number of carbonyl (C=O) groups excluding carboxylic acids is 2. The quantitative estimate of drug-likeness (QED) is 0.456. The summed E-state index contributed by atoms with van der Waals surface area (Å²) in [4.78, 5) is 23.7. The Bertz CT molecular complexity index is 933. The molecule has 2 aromatic carbocycles. The van der Waals surface area contributed by atoms with Crippen molar-refractivity contribution in [3.05, 3.63) is 64.7 Å². The number of benzene rings is 2. The highest BCUT2D eigenvalue weighted by Crippen LogP contribution is 2.32. The molecular weight excluding hydrogens is 425 g/mol. The Morgan fingerprint density at radius 1 is 1.07 bits per heavy atom. The molecule has 0 aliphatic rings. The number of hydrogen-bond acceptors (Lipinski definition) is 4. The first kappa shape index (κ1) is 23.2. The van der Waals surface area contributed by atoms with E-state index in [2.05, 4.69) is 10.6 Å². The maximum absolute atomic E-state index is 12.8. The predicted molar refractivity (Wildman–Crippen MR) is 107 cm³/mol. The van der Waals surface area contributed by atoms with Crippen molar-refractivity contribution < 1.29 is 32.2 Å². The molecule has 0 saturated carbocycles. The largest absolute Gasteiger partial charge is 0.447 e. The Balaban J connectivity index is 2.01. The highest BCUT2D eigenvalue weighted by atomic mass is 35.5. The van der Waals surface area contributed by atoms with Crippen molar-refractivity contribution in [3.63, 3.8) is 0 Å². The lowest BCUT2D eigenvalue weighted by molar-refractivity contribution is -0.137. The van der Waals surface area contributed by atoms with Crippen LogP contribution in [0, 0.1) is 0 Å². The van der Waals surface area contributed by atoms with E-state index in [0.717, 1.165) is 24.3 Å². The molecule has 6 nitrogen and oxygen atoms in total. The van der Waals surface area contributed by atoms with Crippen molar-refractivity contribution in [2.24, 2.45) is 0 Å². The van der Waals surface area contributed by atoms with Crippen LogP contribution in [0.1, 0.15) is 11.1 Å². The highest BCUT2D eigenvalue weighted by molar-refractivity contribution is 6.32. The number of anilines is 2. The lowest BCUT2D eigenvalue weighted by Crippen LogP contribution is -2.16. The Labute approximate surface area is 175 Å². The number of alkyl halides is 3. The summed E-state index contributed by atoms with van der Waals surface area (Å²) in [6.07, 6.45) is -2.97. The third-order valence-electron chi connectivity index (χ3n) is 3.63. The number of nitrogens with one attached hydrogen (secondary N) is 2. The standard InChI is InChI=1S/C20H18ClF3N2O4/c1-29-9-10-30-19(28)26-16-4-2-3-15(12-16)25-18(27)8-5-13-11-14(20(22,23)24)6-7-17(13)21/h2-8,11-12H,9-10H2,1H3,(H,25,27)(H,26,28). The number of amides is 2. The molecule has 0 heterocycles.